The van der Waals surface area contributed by atoms with Crippen molar-refractivity contribution in [1.29, 1.82) is 0 Å². The number of pyridine rings is 1. The Morgan fingerprint density at radius 2 is 2.16 bits per heavy atom. The summed E-state index contributed by atoms with van der Waals surface area (Å²) in [7, 11) is 0. The summed E-state index contributed by atoms with van der Waals surface area (Å²) in [5, 5.41) is 0. The summed E-state index contributed by atoms with van der Waals surface area (Å²) in [4.78, 5) is 41.3. The third-order valence-corrected chi connectivity index (χ3v) is 2.76. The van der Waals surface area contributed by atoms with Crippen molar-refractivity contribution in [2.45, 2.75) is 19.9 Å². The molecule has 0 aliphatic heterocycles. The minimum absolute atomic E-state index is 0.0133. The van der Waals surface area contributed by atoms with Crippen LogP contribution in [-0.4, -0.2) is 20.3 Å². The lowest BCUT2D eigenvalue weighted by Gasteiger charge is -2.05. The molecular formula is C13H13N3O3. The number of nitrogens with one attached hydrogen (secondary N) is 1. The largest absolute Gasteiger partial charge is 0.328 e. The standard InChI is InChI=1S/C13H13N3O3/c1-9(17)11-8-15-13(19)16(12(11)18)7-5-10-4-2-3-6-14-10/h2-4,6,8H,5,7H2,1H3,(H,15,19). The maximum absolute atomic E-state index is 12.0. The number of carbonyl (C=O) groups excluding carboxylic acids is 1. The zero-order chi connectivity index (χ0) is 13.8. The monoisotopic (exact) mass is 259 g/mol. The Kier molecular flexibility index (Phi) is 3.70. The average Bonchev–Trinajstić information content (AvgIpc) is 2.39. The molecular weight excluding hydrogens is 246 g/mol. The molecule has 19 heavy (non-hydrogen) atoms. The molecule has 0 saturated heterocycles. The molecule has 1 N–H and O–H groups in total. The molecule has 6 nitrogen and oxygen atoms in total. The van der Waals surface area contributed by atoms with Crippen LogP contribution in [0.15, 0.2) is 40.2 Å². The van der Waals surface area contributed by atoms with Crippen LogP contribution in [0.1, 0.15) is 23.0 Å². The number of hydrogen-bond acceptors (Lipinski definition) is 4. The van der Waals surface area contributed by atoms with Crippen molar-refractivity contribution in [2.75, 3.05) is 0 Å². The lowest BCUT2D eigenvalue weighted by molar-refractivity contribution is 0.101. The minimum atomic E-state index is -0.563. The first-order valence-electron chi connectivity index (χ1n) is 5.83. The van der Waals surface area contributed by atoms with E-state index in [0.29, 0.717) is 6.42 Å². The van der Waals surface area contributed by atoms with E-state index in [4.69, 9.17) is 0 Å². The fraction of sp³-hybridized carbons (Fsp3) is 0.231. The molecule has 0 fully saturated rings. The van der Waals surface area contributed by atoms with Gasteiger partial charge in [0.15, 0.2) is 5.78 Å². The van der Waals surface area contributed by atoms with E-state index in [0.717, 1.165) is 16.5 Å². The summed E-state index contributed by atoms with van der Waals surface area (Å²) < 4.78 is 1.02. The first-order chi connectivity index (χ1) is 9.09. The number of aryl methyl sites for hydroxylation is 1. The molecule has 0 spiro atoms. The number of Topliss-reactive ketones (excluding diaryl/α,β-unsaturated/α-hetero) is 1. The van der Waals surface area contributed by atoms with E-state index in [1.807, 2.05) is 12.1 Å². The molecule has 6 heteroatoms. The fourth-order valence-corrected chi connectivity index (χ4v) is 1.74. The highest BCUT2D eigenvalue weighted by atomic mass is 16.2. The molecule has 0 atom stereocenters. The molecule has 98 valence electrons. The van der Waals surface area contributed by atoms with E-state index < -0.39 is 11.2 Å². The topological polar surface area (TPSA) is 84.8 Å². The van der Waals surface area contributed by atoms with Crippen LogP contribution in [-0.2, 0) is 13.0 Å². The van der Waals surface area contributed by atoms with Gasteiger partial charge in [0, 0.05) is 31.1 Å². The summed E-state index contributed by atoms with van der Waals surface area (Å²) >= 11 is 0. The van der Waals surface area contributed by atoms with Crippen LogP contribution in [0.2, 0.25) is 0 Å². The summed E-state index contributed by atoms with van der Waals surface area (Å²) in [6.45, 7) is 1.48. The highest BCUT2D eigenvalue weighted by molar-refractivity contribution is 5.93. The predicted octanol–water partition coefficient (Wildman–Crippen LogP) is 0.377. The number of rotatable bonds is 4. The zero-order valence-corrected chi connectivity index (χ0v) is 10.4. The second-order valence-electron chi connectivity index (χ2n) is 4.09. The molecule has 2 heterocycles. The lowest BCUT2D eigenvalue weighted by Crippen LogP contribution is -2.38. The van der Waals surface area contributed by atoms with Gasteiger partial charge in [0.2, 0.25) is 0 Å². The molecule has 0 amide bonds. The van der Waals surface area contributed by atoms with Gasteiger partial charge in [-0.15, -0.1) is 0 Å². The molecule has 2 aromatic rings. The summed E-state index contributed by atoms with van der Waals surface area (Å²) in [5.74, 6) is -0.368. The summed E-state index contributed by atoms with van der Waals surface area (Å²) in [5.41, 5.74) is -0.319. The van der Waals surface area contributed by atoms with Crippen LogP contribution in [0, 0.1) is 0 Å². The Morgan fingerprint density at radius 1 is 1.37 bits per heavy atom. The Labute approximate surface area is 108 Å². The molecule has 0 aliphatic rings. The molecule has 2 aromatic heterocycles. The SMILES string of the molecule is CC(=O)c1c[nH]c(=O)n(CCc2ccccn2)c1=O. The summed E-state index contributed by atoms with van der Waals surface area (Å²) in [6.07, 6.45) is 3.25. The van der Waals surface area contributed by atoms with Crippen LogP contribution in [0.25, 0.3) is 0 Å². The Bertz CT molecular complexity index is 701. The highest BCUT2D eigenvalue weighted by Crippen LogP contribution is 1.96. The van der Waals surface area contributed by atoms with Crippen molar-refractivity contribution in [2.24, 2.45) is 0 Å². The van der Waals surface area contributed by atoms with Crippen LogP contribution < -0.4 is 11.2 Å². The smallest absolute Gasteiger partial charge is 0.313 e. The van der Waals surface area contributed by atoms with Gasteiger partial charge in [0.1, 0.15) is 0 Å². The number of carbonyl (C=O) groups is 1. The Morgan fingerprint density at radius 3 is 2.79 bits per heavy atom. The van der Waals surface area contributed by atoms with Crippen LogP contribution in [0.4, 0.5) is 0 Å². The van der Waals surface area contributed by atoms with Gasteiger partial charge in [-0.05, 0) is 19.1 Å². The lowest BCUT2D eigenvalue weighted by atomic mass is 10.2. The number of nitrogens with zero attached hydrogens (tertiary/aromatic N) is 2. The van der Waals surface area contributed by atoms with Gasteiger partial charge in [-0.2, -0.15) is 0 Å². The average molecular weight is 259 g/mol. The quantitative estimate of drug-likeness (QED) is 0.804. The Balaban J connectivity index is 2.30. The number of aromatic amines is 1. The van der Waals surface area contributed by atoms with E-state index in [2.05, 4.69) is 9.97 Å². The van der Waals surface area contributed by atoms with Crippen LogP contribution in [0.5, 0.6) is 0 Å². The van der Waals surface area contributed by atoms with E-state index in [1.165, 1.54) is 6.92 Å². The van der Waals surface area contributed by atoms with E-state index in [1.54, 1.807) is 12.3 Å². The van der Waals surface area contributed by atoms with E-state index in [-0.39, 0.29) is 17.9 Å². The Hall–Kier alpha value is -2.50. The van der Waals surface area contributed by atoms with Crippen molar-refractivity contribution in [1.82, 2.24) is 14.5 Å². The van der Waals surface area contributed by atoms with Crippen molar-refractivity contribution in [3.63, 3.8) is 0 Å². The molecule has 0 saturated carbocycles. The molecule has 2 rings (SSSR count). The first kappa shape index (κ1) is 12.9. The van der Waals surface area contributed by atoms with Crippen LogP contribution >= 0.6 is 0 Å². The minimum Gasteiger partial charge on any atom is -0.313 e. The maximum Gasteiger partial charge on any atom is 0.328 e. The van der Waals surface area contributed by atoms with Gasteiger partial charge in [-0.3, -0.25) is 19.1 Å². The highest BCUT2D eigenvalue weighted by Gasteiger charge is 2.10. The predicted molar refractivity (Wildman–Crippen MR) is 69.3 cm³/mol. The van der Waals surface area contributed by atoms with Gasteiger partial charge in [0.25, 0.3) is 5.56 Å². The summed E-state index contributed by atoms with van der Waals surface area (Å²) in [6, 6.07) is 5.44. The molecule has 0 aliphatic carbocycles. The van der Waals surface area contributed by atoms with Gasteiger partial charge in [0.05, 0.1) is 5.56 Å². The second kappa shape index (κ2) is 5.43. The molecule has 0 radical (unpaired) electrons. The molecule has 0 bridgehead atoms. The van der Waals surface area contributed by atoms with Crippen molar-refractivity contribution in [3.8, 4) is 0 Å². The van der Waals surface area contributed by atoms with Gasteiger partial charge in [-0.1, -0.05) is 6.07 Å². The van der Waals surface area contributed by atoms with Gasteiger partial charge >= 0.3 is 5.69 Å². The third-order valence-electron chi connectivity index (χ3n) is 2.76. The van der Waals surface area contributed by atoms with Gasteiger partial charge in [-0.25, -0.2) is 4.79 Å². The van der Waals surface area contributed by atoms with E-state index >= 15 is 0 Å². The van der Waals surface area contributed by atoms with Crippen molar-refractivity contribution in [3.05, 3.63) is 62.7 Å². The van der Waals surface area contributed by atoms with E-state index in [9.17, 15) is 14.4 Å². The maximum atomic E-state index is 12.0. The third kappa shape index (κ3) is 2.85. The second-order valence-corrected chi connectivity index (χ2v) is 4.09. The zero-order valence-electron chi connectivity index (χ0n) is 10.4. The number of aromatic nitrogens is 3. The first-order valence-corrected chi connectivity index (χ1v) is 5.83. The molecule has 0 unspecified atom stereocenters. The van der Waals surface area contributed by atoms with Gasteiger partial charge < -0.3 is 4.98 Å². The van der Waals surface area contributed by atoms with Crippen LogP contribution in [0.3, 0.4) is 0 Å². The number of ketones is 1. The number of H-pyrrole nitrogens is 1. The molecule has 0 aromatic carbocycles. The normalized spacial score (nSPS) is 10.4. The fourth-order valence-electron chi connectivity index (χ4n) is 1.74. The van der Waals surface area contributed by atoms with Crippen molar-refractivity contribution < 1.29 is 4.79 Å². The van der Waals surface area contributed by atoms with Crippen molar-refractivity contribution >= 4 is 5.78 Å². The number of hydrogen-bond donors (Lipinski definition) is 1.